The number of rotatable bonds is 2. The molecule has 1 heterocycles. The standard InChI is InChI=1S/C9H16N2O/c10-9(12)7-3-4-11-8(5-7)6-1-2-6/h6-8,11H,1-5H2,(H2,10,12)/t7-,8-/m1/s1. The van der Waals surface area contributed by atoms with E-state index in [1.54, 1.807) is 0 Å². The third-order valence-corrected chi connectivity index (χ3v) is 3.03. The van der Waals surface area contributed by atoms with Crippen LogP contribution in [0.1, 0.15) is 25.7 Å². The van der Waals surface area contributed by atoms with Crippen LogP contribution in [0.5, 0.6) is 0 Å². The summed E-state index contributed by atoms with van der Waals surface area (Å²) in [4.78, 5) is 10.9. The first-order valence-electron chi connectivity index (χ1n) is 4.80. The largest absolute Gasteiger partial charge is 0.369 e. The van der Waals surface area contributed by atoms with Crippen molar-refractivity contribution >= 4 is 5.91 Å². The highest BCUT2D eigenvalue weighted by atomic mass is 16.1. The van der Waals surface area contributed by atoms with Crippen LogP contribution < -0.4 is 11.1 Å². The van der Waals surface area contributed by atoms with Crippen LogP contribution in [-0.2, 0) is 4.79 Å². The van der Waals surface area contributed by atoms with Crippen molar-refractivity contribution < 1.29 is 4.79 Å². The van der Waals surface area contributed by atoms with Crippen molar-refractivity contribution in [3.8, 4) is 0 Å². The first-order valence-corrected chi connectivity index (χ1v) is 4.80. The maximum Gasteiger partial charge on any atom is 0.220 e. The number of hydrogen-bond acceptors (Lipinski definition) is 2. The molecule has 2 aliphatic rings. The van der Waals surface area contributed by atoms with Crippen molar-refractivity contribution in [3.63, 3.8) is 0 Å². The SMILES string of the molecule is NC(=O)[C@@H]1CCN[C@@H](C2CC2)C1. The van der Waals surface area contributed by atoms with Gasteiger partial charge in [0, 0.05) is 12.0 Å². The van der Waals surface area contributed by atoms with Crippen LogP contribution in [0, 0.1) is 11.8 Å². The van der Waals surface area contributed by atoms with E-state index in [1.807, 2.05) is 0 Å². The molecule has 12 heavy (non-hydrogen) atoms. The molecule has 1 aliphatic carbocycles. The van der Waals surface area contributed by atoms with E-state index >= 15 is 0 Å². The van der Waals surface area contributed by atoms with Crippen LogP contribution in [-0.4, -0.2) is 18.5 Å². The Morgan fingerprint density at radius 1 is 1.33 bits per heavy atom. The molecule has 3 heteroatoms. The van der Waals surface area contributed by atoms with Crippen LogP contribution >= 0.6 is 0 Å². The van der Waals surface area contributed by atoms with Crippen molar-refractivity contribution in [2.45, 2.75) is 31.7 Å². The van der Waals surface area contributed by atoms with Gasteiger partial charge in [-0.25, -0.2) is 0 Å². The van der Waals surface area contributed by atoms with E-state index in [-0.39, 0.29) is 11.8 Å². The van der Waals surface area contributed by atoms with Gasteiger partial charge in [0.1, 0.15) is 0 Å². The molecule has 0 spiro atoms. The summed E-state index contributed by atoms with van der Waals surface area (Å²) in [6, 6.07) is 0.580. The van der Waals surface area contributed by atoms with Gasteiger partial charge in [0.2, 0.25) is 5.91 Å². The van der Waals surface area contributed by atoms with Crippen molar-refractivity contribution in [1.82, 2.24) is 5.32 Å². The Bertz CT molecular complexity index is 189. The predicted molar refractivity (Wildman–Crippen MR) is 46.4 cm³/mol. The predicted octanol–water partition coefficient (Wildman–Crippen LogP) is 0.250. The van der Waals surface area contributed by atoms with Gasteiger partial charge >= 0.3 is 0 Å². The molecule has 0 unspecified atom stereocenters. The highest BCUT2D eigenvalue weighted by Crippen LogP contribution is 2.36. The Morgan fingerprint density at radius 2 is 2.08 bits per heavy atom. The van der Waals surface area contributed by atoms with E-state index in [1.165, 1.54) is 12.8 Å². The van der Waals surface area contributed by atoms with Crippen LogP contribution in [0.2, 0.25) is 0 Å². The van der Waals surface area contributed by atoms with E-state index in [4.69, 9.17) is 5.73 Å². The number of nitrogens with one attached hydrogen (secondary N) is 1. The molecule has 0 aromatic heterocycles. The van der Waals surface area contributed by atoms with Gasteiger partial charge in [0.05, 0.1) is 0 Å². The molecule has 1 saturated carbocycles. The zero-order valence-corrected chi connectivity index (χ0v) is 7.25. The molecule has 3 nitrogen and oxygen atoms in total. The minimum atomic E-state index is -0.109. The summed E-state index contributed by atoms with van der Waals surface area (Å²) in [6.45, 7) is 0.967. The van der Waals surface area contributed by atoms with Crippen LogP contribution in [0.4, 0.5) is 0 Å². The van der Waals surface area contributed by atoms with Gasteiger partial charge in [0.15, 0.2) is 0 Å². The minimum Gasteiger partial charge on any atom is -0.369 e. The van der Waals surface area contributed by atoms with Crippen molar-refractivity contribution in [2.75, 3.05) is 6.54 Å². The quantitative estimate of drug-likeness (QED) is 0.621. The Balaban J connectivity index is 1.89. The van der Waals surface area contributed by atoms with Gasteiger partial charge in [-0.05, 0) is 38.1 Å². The zero-order chi connectivity index (χ0) is 8.55. The molecule has 2 atom stereocenters. The first-order chi connectivity index (χ1) is 5.77. The lowest BCUT2D eigenvalue weighted by Crippen LogP contribution is -2.43. The third kappa shape index (κ3) is 1.61. The van der Waals surface area contributed by atoms with Gasteiger partial charge < -0.3 is 11.1 Å². The van der Waals surface area contributed by atoms with E-state index < -0.39 is 0 Å². The fourth-order valence-electron chi connectivity index (χ4n) is 2.07. The summed E-state index contributed by atoms with van der Waals surface area (Å²) in [6.07, 6.45) is 4.57. The van der Waals surface area contributed by atoms with Crippen LogP contribution in [0.3, 0.4) is 0 Å². The fraction of sp³-hybridized carbons (Fsp3) is 0.889. The minimum absolute atomic E-state index is 0.109. The molecule has 68 valence electrons. The summed E-state index contributed by atoms with van der Waals surface area (Å²) in [5.74, 6) is 0.867. The van der Waals surface area contributed by atoms with E-state index in [2.05, 4.69) is 5.32 Å². The number of primary amides is 1. The van der Waals surface area contributed by atoms with Crippen molar-refractivity contribution in [2.24, 2.45) is 17.6 Å². The summed E-state index contributed by atoms with van der Waals surface area (Å²) < 4.78 is 0. The maximum absolute atomic E-state index is 10.9. The monoisotopic (exact) mass is 168 g/mol. The average molecular weight is 168 g/mol. The Morgan fingerprint density at radius 3 is 2.67 bits per heavy atom. The molecule has 0 aromatic rings. The van der Waals surface area contributed by atoms with Crippen LogP contribution in [0.15, 0.2) is 0 Å². The number of piperidine rings is 1. The molecule has 2 rings (SSSR count). The topological polar surface area (TPSA) is 55.1 Å². The number of nitrogens with two attached hydrogens (primary N) is 1. The number of carbonyl (C=O) groups excluding carboxylic acids is 1. The summed E-state index contributed by atoms with van der Waals surface area (Å²) in [5.41, 5.74) is 5.28. The molecule has 0 bridgehead atoms. The number of amides is 1. The normalized spacial score (nSPS) is 36.3. The zero-order valence-electron chi connectivity index (χ0n) is 7.25. The van der Waals surface area contributed by atoms with E-state index in [0.717, 1.165) is 25.3 Å². The third-order valence-electron chi connectivity index (χ3n) is 3.03. The van der Waals surface area contributed by atoms with Gasteiger partial charge in [-0.3, -0.25) is 4.79 Å². The molecule has 1 saturated heterocycles. The summed E-state index contributed by atoms with van der Waals surface area (Å²) >= 11 is 0. The number of carbonyl (C=O) groups is 1. The number of hydrogen-bond donors (Lipinski definition) is 2. The smallest absolute Gasteiger partial charge is 0.220 e. The molecular weight excluding hydrogens is 152 g/mol. The van der Waals surface area contributed by atoms with E-state index in [0.29, 0.717) is 6.04 Å². The molecule has 3 N–H and O–H groups in total. The Labute approximate surface area is 72.7 Å². The van der Waals surface area contributed by atoms with Gasteiger partial charge in [-0.1, -0.05) is 0 Å². The lowest BCUT2D eigenvalue weighted by molar-refractivity contribution is -0.122. The lowest BCUT2D eigenvalue weighted by atomic mass is 9.90. The molecule has 0 aromatic carbocycles. The summed E-state index contributed by atoms with van der Waals surface area (Å²) in [5, 5.41) is 3.46. The molecule has 0 radical (unpaired) electrons. The first kappa shape index (κ1) is 8.05. The Kier molecular flexibility index (Phi) is 2.05. The second-order valence-electron chi connectivity index (χ2n) is 4.02. The highest BCUT2D eigenvalue weighted by molar-refractivity contribution is 5.76. The molecule has 2 fully saturated rings. The molecular formula is C9H16N2O. The average Bonchev–Trinajstić information content (AvgIpc) is 2.87. The summed E-state index contributed by atoms with van der Waals surface area (Å²) in [7, 11) is 0. The second kappa shape index (κ2) is 3.05. The maximum atomic E-state index is 10.9. The highest BCUT2D eigenvalue weighted by Gasteiger charge is 2.35. The molecule has 1 amide bonds. The van der Waals surface area contributed by atoms with Gasteiger partial charge in [-0.2, -0.15) is 0 Å². The van der Waals surface area contributed by atoms with Gasteiger partial charge in [-0.15, -0.1) is 0 Å². The van der Waals surface area contributed by atoms with Crippen molar-refractivity contribution in [1.29, 1.82) is 0 Å². The Hall–Kier alpha value is -0.570. The van der Waals surface area contributed by atoms with Crippen LogP contribution in [0.25, 0.3) is 0 Å². The van der Waals surface area contributed by atoms with E-state index in [9.17, 15) is 4.79 Å². The second-order valence-corrected chi connectivity index (χ2v) is 4.02. The fourth-order valence-corrected chi connectivity index (χ4v) is 2.07. The van der Waals surface area contributed by atoms with Gasteiger partial charge in [0.25, 0.3) is 0 Å². The van der Waals surface area contributed by atoms with Crippen molar-refractivity contribution in [3.05, 3.63) is 0 Å². The lowest BCUT2D eigenvalue weighted by Gasteiger charge is -2.28. The molecule has 1 aliphatic heterocycles.